The van der Waals surface area contributed by atoms with Crippen LogP contribution in [0, 0.1) is 21.8 Å². The molecule has 0 bridgehead atoms. The first-order valence-electron chi connectivity index (χ1n) is 12.0. The highest BCUT2D eigenvalue weighted by molar-refractivity contribution is 5.88. The molecule has 1 amide bonds. The molecule has 2 heterocycles. The van der Waals surface area contributed by atoms with Gasteiger partial charge >= 0.3 is 0 Å². The number of likely N-dealkylation sites (tertiary alicyclic amines) is 1. The Labute approximate surface area is 213 Å². The summed E-state index contributed by atoms with van der Waals surface area (Å²) in [5.74, 6) is 0.655. The first-order valence-corrected chi connectivity index (χ1v) is 12.0. The molecule has 10 nitrogen and oxygen atoms in total. The number of carbonyl (C=O) groups excluding carboxylic acids is 1. The van der Waals surface area contributed by atoms with Crippen LogP contribution in [0.5, 0.6) is 17.2 Å². The Balaban J connectivity index is 1.48. The van der Waals surface area contributed by atoms with Gasteiger partial charge in [-0.2, -0.15) is 0 Å². The van der Waals surface area contributed by atoms with Gasteiger partial charge in [-0.3, -0.25) is 24.8 Å². The van der Waals surface area contributed by atoms with E-state index in [-0.39, 0.29) is 35.7 Å². The largest absolute Gasteiger partial charge is 0.493 e. The van der Waals surface area contributed by atoms with Crippen molar-refractivity contribution >= 4 is 22.5 Å². The summed E-state index contributed by atoms with van der Waals surface area (Å²) in [4.78, 5) is 28.2. The smallest absolute Gasteiger partial charge is 0.272 e. The van der Waals surface area contributed by atoms with Crippen molar-refractivity contribution in [2.24, 2.45) is 11.7 Å². The van der Waals surface area contributed by atoms with E-state index in [0.717, 1.165) is 32.0 Å². The first kappa shape index (κ1) is 26.1. The summed E-state index contributed by atoms with van der Waals surface area (Å²) in [6.45, 7) is 3.69. The number of carbonyl (C=O) groups is 1. The second-order valence-corrected chi connectivity index (χ2v) is 9.04. The van der Waals surface area contributed by atoms with E-state index in [4.69, 9.17) is 19.9 Å². The van der Waals surface area contributed by atoms with E-state index in [0.29, 0.717) is 34.8 Å². The summed E-state index contributed by atoms with van der Waals surface area (Å²) in [5, 5.41) is 11.5. The number of fused-ring (bicyclic) bond motifs is 1. The molecule has 1 aliphatic rings. The summed E-state index contributed by atoms with van der Waals surface area (Å²) in [6, 6.07) is 8.29. The van der Waals surface area contributed by atoms with Crippen LogP contribution in [0.1, 0.15) is 25.3 Å². The first-order chi connectivity index (χ1) is 17.8. The van der Waals surface area contributed by atoms with Gasteiger partial charge in [0.2, 0.25) is 5.91 Å². The zero-order valence-electron chi connectivity index (χ0n) is 20.7. The minimum atomic E-state index is -0.715. The zero-order valence-corrected chi connectivity index (χ0v) is 20.7. The number of nitro groups is 1. The molecule has 3 aromatic rings. The number of aromatic nitrogens is 1. The highest BCUT2D eigenvalue weighted by Crippen LogP contribution is 2.36. The van der Waals surface area contributed by atoms with E-state index < -0.39 is 10.7 Å². The summed E-state index contributed by atoms with van der Waals surface area (Å²) >= 11 is 0. The molecule has 196 valence electrons. The monoisotopic (exact) mass is 512 g/mol. The molecule has 0 saturated carbocycles. The molecule has 2 N–H and O–H groups in total. The number of nitrogens with two attached hydrogens (primary N) is 1. The molecule has 0 aliphatic carbocycles. The Bertz CT molecular complexity index is 1300. The van der Waals surface area contributed by atoms with Crippen LogP contribution in [0.3, 0.4) is 0 Å². The number of pyridine rings is 1. The number of methoxy groups -OCH3 is 1. The highest BCUT2D eigenvalue weighted by atomic mass is 19.1. The predicted molar refractivity (Wildman–Crippen MR) is 134 cm³/mol. The van der Waals surface area contributed by atoms with Crippen LogP contribution in [0.2, 0.25) is 0 Å². The van der Waals surface area contributed by atoms with Gasteiger partial charge in [-0.25, -0.2) is 4.39 Å². The lowest BCUT2D eigenvalue weighted by molar-refractivity contribution is -0.385. The number of hydrogen-bond donors (Lipinski definition) is 1. The molecule has 1 saturated heterocycles. The van der Waals surface area contributed by atoms with Crippen LogP contribution < -0.4 is 19.9 Å². The number of benzene rings is 2. The molecule has 1 aromatic heterocycles. The van der Waals surface area contributed by atoms with E-state index in [1.54, 1.807) is 24.4 Å². The number of nitrogens with zero attached hydrogens (tertiary/aromatic N) is 3. The van der Waals surface area contributed by atoms with E-state index >= 15 is 0 Å². The number of rotatable bonds is 10. The van der Waals surface area contributed by atoms with Crippen LogP contribution in [0.15, 0.2) is 42.6 Å². The van der Waals surface area contributed by atoms with Crippen molar-refractivity contribution in [2.75, 3.05) is 26.8 Å². The van der Waals surface area contributed by atoms with Crippen molar-refractivity contribution in [3.05, 3.63) is 64.1 Å². The van der Waals surface area contributed by atoms with Gasteiger partial charge in [0.1, 0.15) is 18.2 Å². The van der Waals surface area contributed by atoms with Gasteiger partial charge < -0.3 is 19.9 Å². The van der Waals surface area contributed by atoms with Crippen molar-refractivity contribution in [1.29, 1.82) is 0 Å². The lowest BCUT2D eigenvalue weighted by Crippen LogP contribution is -2.48. The van der Waals surface area contributed by atoms with Crippen LogP contribution in [-0.4, -0.2) is 53.6 Å². The number of hydrogen-bond acceptors (Lipinski definition) is 8. The number of nitro benzene ring substituents is 1. The molecule has 2 unspecified atom stereocenters. The molecule has 2 atom stereocenters. The van der Waals surface area contributed by atoms with Crippen molar-refractivity contribution in [3.63, 3.8) is 0 Å². The summed E-state index contributed by atoms with van der Waals surface area (Å²) in [6.07, 6.45) is 3.51. The van der Waals surface area contributed by atoms with E-state index in [9.17, 15) is 19.3 Å². The third kappa shape index (κ3) is 6.05. The lowest BCUT2D eigenvalue weighted by Gasteiger charge is -2.35. The van der Waals surface area contributed by atoms with Crippen LogP contribution >= 0.6 is 0 Å². The van der Waals surface area contributed by atoms with E-state index in [1.165, 1.54) is 19.2 Å². The predicted octanol–water partition coefficient (Wildman–Crippen LogP) is 3.83. The van der Waals surface area contributed by atoms with Gasteiger partial charge in [0.05, 0.1) is 36.3 Å². The average molecular weight is 513 g/mol. The number of non-ortho nitro benzene ring substituents is 1. The quantitative estimate of drug-likeness (QED) is 0.320. The van der Waals surface area contributed by atoms with Crippen LogP contribution in [0.25, 0.3) is 10.9 Å². The van der Waals surface area contributed by atoms with Gasteiger partial charge in [-0.05, 0) is 44.5 Å². The van der Waals surface area contributed by atoms with Crippen molar-refractivity contribution < 1.29 is 28.3 Å². The molecule has 4 rings (SSSR count). The van der Waals surface area contributed by atoms with Gasteiger partial charge in [0, 0.05) is 41.7 Å². The second-order valence-electron chi connectivity index (χ2n) is 9.04. The van der Waals surface area contributed by atoms with Crippen molar-refractivity contribution in [3.8, 4) is 17.2 Å². The van der Waals surface area contributed by atoms with Crippen molar-refractivity contribution in [1.82, 2.24) is 9.88 Å². The maximum absolute atomic E-state index is 14.3. The molecule has 37 heavy (non-hydrogen) atoms. The molecule has 1 aliphatic heterocycles. The number of halogens is 1. The maximum Gasteiger partial charge on any atom is 0.272 e. The average Bonchev–Trinajstić information content (AvgIpc) is 2.90. The summed E-state index contributed by atoms with van der Waals surface area (Å²) in [5.41, 5.74) is 5.94. The maximum atomic E-state index is 14.3. The van der Waals surface area contributed by atoms with E-state index in [1.807, 2.05) is 6.92 Å². The molecule has 1 fully saturated rings. The van der Waals surface area contributed by atoms with Crippen molar-refractivity contribution in [2.45, 2.75) is 32.4 Å². The zero-order chi connectivity index (χ0) is 26.5. The Morgan fingerprint density at radius 3 is 2.76 bits per heavy atom. The molecular weight excluding hydrogens is 483 g/mol. The minimum absolute atomic E-state index is 0.120. The standard InChI is InChI=1S/C26H29FN4O6/c1-16(26(28)32)30-9-3-4-17(13-30)14-36-25-12-22-20(11-24(25)35-2)23(7-8-29-22)37-15-18-5-6-19(31(33)34)10-21(18)27/h5-8,10-12,16-17H,3-4,9,13-15H2,1-2H3,(H2,28,32). The topological polar surface area (TPSA) is 130 Å². The Morgan fingerprint density at radius 2 is 2.05 bits per heavy atom. The molecule has 2 aromatic carbocycles. The summed E-state index contributed by atoms with van der Waals surface area (Å²) < 4.78 is 31.8. The Morgan fingerprint density at radius 1 is 1.24 bits per heavy atom. The fraction of sp³-hybridized carbons (Fsp3) is 0.385. The van der Waals surface area contributed by atoms with Crippen LogP contribution in [-0.2, 0) is 11.4 Å². The summed E-state index contributed by atoms with van der Waals surface area (Å²) in [7, 11) is 1.54. The third-order valence-electron chi connectivity index (χ3n) is 6.60. The fourth-order valence-corrected chi connectivity index (χ4v) is 4.42. The Hall–Kier alpha value is -3.99. The van der Waals surface area contributed by atoms with E-state index in [2.05, 4.69) is 9.88 Å². The third-order valence-corrected chi connectivity index (χ3v) is 6.60. The number of ether oxygens (including phenoxy) is 3. The molecule has 11 heteroatoms. The minimum Gasteiger partial charge on any atom is -0.493 e. The number of amides is 1. The fourth-order valence-electron chi connectivity index (χ4n) is 4.42. The SMILES string of the molecule is COc1cc2c(OCc3ccc([N+](=O)[O-])cc3F)ccnc2cc1OCC1CCCN(C(C)C(N)=O)C1. The number of piperidine rings is 1. The van der Waals surface area contributed by atoms with Gasteiger partial charge in [-0.1, -0.05) is 0 Å². The van der Waals surface area contributed by atoms with Crippen LogP contribution in [0.4, 0.5) is 10.1 Å². The highest BCUT2D eigenvalue weighted by Gasteiger charge is 2.27. The lowest BCUT2D eigenvalue weighted by atomic mass is 9.97. The van der Waals surface area contributed by atoms with Gasteiger partial charge in [0.25, 0.3) is 5.69 Å². The Kier molecular flexibility index (Phi) is 8.02. The number of primary amides is 1. The normalized spacial score (nSPS) is 16.8. The molecular formula is C26H29FN4O6. The second kappa shape index (κ2) is 11.4. The van der Waals surface area contributed by atoms with Gasteiger partial charge in [-0.15, -0.1) is 0 Å². The molecule has 0 spiro atoms. The van der Waals surface area contributed by atoms with Gasteiger partial charge in [0.15, 0.2) is 11.5 Å². The molecule has 0 radical (unpaired) electrons.